The second-order valence-electron chi connectivity index (χ2n) is 10.3. The predicted octanol–water partition coefficient (Wildman–Crippen LogP) is 4.14. The lowest BCUT2D eigenvalue weighted by Crippen LogP contribution is -2.52. The SMILES string of the molecule is CC[C@@H](CNc1ccc(OCCS(C)(=O)=O)cc1OC)NC(=O)[C@H](CC(C)C)N[C@@H](c1ccc(OC)nc1)C(F)(F)F. The molecular weight excluding hydrogens is 577 g/mol. The van der Waals surface area contributed by atoms with Gasteiger partial charge in [-0.25, -0.2) is 13.4 Å². The highest BCUT2D eigenvalue weighted by atomic mass is 32.2. The first-order valence-electron chi connectivity index (χ1n) is 13.5. The Morgan fingerprint density at radius 3 is 2.33 bits per heavy atom. The maximum absolute atomic E-state index is 14.1. The number of benzene rings is 1. The van der Waals surface area contributed by atoms with Crippen LogP contribution in [0.4, 0.5) is 18.9 Å². The second-order valence-corrected chi connectivity index (χ2v) is 12.6. The van der Waals surface area contributed by atoms with Crippen LogP contribution in [0.15, 0.2) is 36.5 Å². The van der Waals surface area contributed by atoms with Crippen LogP contribution in [0.25, 0.3) is 0 Å². The average molecular weight is 619 g/mol. The number of carbonyl (C=O) groups is 1. The summed E-state index contributed by atoms with van der Waals surface area (Å²) in [5, 5.41) is 8.59. The van der Waals surface area contributed by atoms with E-state index < -0.39 is 40.0 Å². The van der Waals surface area contributed by atoms with Crippen LogP contribution < -0.4 is 30.2 Å². The topological polar surface area (TPSA) is 128 Å². The van der Waals surface area contributed by atoms with Gasteiger partial charge in [0.05, 0.1) is 31.7 Å². The van der Waals surface area contributed by atoms with Crippen molar-refractivity contribution >= 4 is 21.4 Å². The van der Waals surface area contributed by atoms with E-state index in [1.807, 2.05) is 20.8 Å². The zero-order valence-corrected chi connectivity index (χ0v) is 25.6. The molecule has 0 bridgehead atoms. The first-order valence-corrected chi connectivity index (χ1v) is 15.6. The number of amides is 1. The van der Waals surface area contributed by atoms with Crippen LogP contribution in [0, 0.1) is 5.92 Å². The van der Waals surface area contributed by atoms with Crippen molar-refractivity contribution in [1.82, 2.24) is 15.6 Å². The number of hydrogen-bond donors (Lipinski definition) is 3. The van der Waals surface area contributed by atoms with Gasteiger partial charge in [-0.05, 0) is 36.5 Å². The molecule has 3 atom stereocenters. The van der Waals surface area contributed by atoms with Gasteiger partial charge in [0.2, 0.25) is 11.8 Å². The third-order valence-corrected chi connectivity index (χ3v) is 7.20. The first kappa shape index (κ1) is 34.9. The number of halogens is 3. The summed E-state index contributed by atoms with van der Waals surface area (Å²) in [6, 6.07) is 3.94. The number of sulfone groups is 1. The molecule has 14 heteroatoms. The molecule has 1 heterocycles. The molecule has 0 unspecified atom stereocenters. The van der Waals surface area contributed by atoms with E-state index in [1.54, 1.807) is 18.2 Å². The number of nitrogens with zero attached hydrogens (tertiary/aromatic N) is 1. The van der Waals surface area contributed by atoms with Crippen LogP contribution in [-0.4, -0.2) is 76.9 Å². The minimum absolute atomic E-state index is 0.00550. The molecule has 0 saturated carbocycles. The van der Waals surface area contributed by atoms with Crippen molar-refractivity contribution in [3.63, 3.8) is 0 Å². The van der Waals surface area contributed by atoms with Crippen molar-refractivity contribution in [3.05, 3.63) is 42.1 Å². The fraction of sp³-hybridized carbons (Fsp3) is 0.571. The summed E-state index contributed by atoms with van der Waals surface area (Å²) >= 11 is 0. The van der Waals surface area contributed by atoms with Gasteiger partial charge in [-0.15, -0.1) is 0 Å². The van der Waals surface area contributed by atoms with Crippen LogP contribution in [0.5, 0.6) is 17.4 Å². The minimum Gasteiger partial charge on any atom is -0.494 e. The molecule has 236 valence electrons. The van der Waals surface area contributed by atoms with Crippen molar-refractivity contribution in [2.45, 2.75) is 57.9 Å². The summed E-state index contributed by atoms with van der Waals surface area (Å²) in [7, 11) is -0.325. The van der Waals surface area contributed by atoms with Crippen LogP contribution in [-0.2, 0) is 14.6 Å². The van der Waals surface area contributed by atoms with Gasteiger partial charge in [0.15, 0.2) is 9.84 Å². The van der Waals surface area contributed by atoms with Crippen LogP contribution in [0.1, 0.15) is 45.2 Å². The molecule has 0 spiro atoms. The molecule has 3 N–H and O–H groups in total. The van der Waals surface area contributed by atoms with Crippen molar-refractivity contribution in [2.24, 2.45) is 5.92 Å². The zero-order valence-electron chi connectivity index (χ0n) is 24.7. The first-order chi connectivity index (χ1) is 19.7. The lowest BCUT2D eigenvalue weighted by Gasteiger charge is -2.29. The molecule has 1 aromatic heterocycles. The van der Waals surface area contributed by atoms with E-state index in [0.29, 0.717) is 23.6 Å². The lowest BCUT2D eigenvalue weighted by atomic mass is 9.99. The van der Waals surface area contributed by atoms with E-state index in [9.17, 15) is 26.4 Å². The van der Waals surface area contributed by atoms with E-state index >= 15 is 0 Å². The number of anilines is 1. The number of rotatable bonds is 17. The number of pyridine rings is 1. The van der Waals surface area contributed by atoms with E-state index in [2.05, 4.69) is 20.9 Å². The molecule has 0 radical (unpaired) electrons. The highest BCUT2D eigenvalue weighted by molar-refractivity contribution is 7.90. The standard InChI is InChI=1S/C28H41F3N4O6S/c1-7-20(17-32-22-10-9-21(15-24(22)39-4)41-12-13-42(6,37)38)34-27(36)23(14-18(2)3)35-26(28(29,30)31)19-8-11-25(40-5)33-16-19/h8-11,15-16,18,20,23,26,32,35H,7,12-14,17H2,1-6H3,(H,34,36)/t20-,23-,26-/m0/s1. The van der Waals surface area contributed by atoms with Crippen LogP contribution >= 0.6 is 0 Å². The summed E-state index contributed by atoms with van der Waals surface area (Å²) in [4.78, 5) is 17.2. The molecule has 2 aromatic rings. The molecule has 2 rings (SSSR count). The highest BCUT2D eigenvalue weighted by Gasteiger charge is 2.43. The Bertz CT molecular complexity index is 1240. The predicted molar refractivity (Wildman–Crippen MR) is 155 cm³/mol. The maximum atomic E-state index is 14.1. The number of nitrogens with one attached hydrogen (secondary N) is 3. The number of aromatic nitrogens is 1. The molecule has 10 nitrogen and oxygen atoms in total. The normalized spacial score (nSPS) is 14.1. The van der Waals surface area contributed by atoms with Crippen molar-refractivity contribution < 1.29 is 40.6 Å². The zero-order chi connectivity index (χ0) is 31.5. The fourth-order valence-corrected chi connectivity index (χ4v) is 4.42. The van der Waals surface area contributed by atoms with Gasteiger partial charge in [-0.3, -0.25) is 10.1 Å². The minimum atomic E-state index is -4.67. The number of hydrogen-bond acceptors (Lipinski definition) is 9. The van der Waals surface area contributed by atoms with Crippen LogP contribution in [0.2, 0.25) is 0 Å². The largest absolute Gasteiger partial charge is 0.494 e. The van der Waals surface area contributed by atoms with Crippen molar-refractivity contribution in [1.29, 1.82) is 0 Å². The third-order valence-electron chi connectivity index (χ3n) is 6.29. The Kier molecular flexibility index (Phi) is 13.2. The Morgan fingerprint density at radius 1 is 1.10 bits per heavy atom. The van der Waals surface area contributed by atoms with E-state index in [0.717, 1.165) is 12.5 Å². The van der Waals surface area contributed by atoms with Crippen molar-refractivity contribution in [3.8, 4) is 17.4 Å². The summed E-state index contributed by atoms with van der Waals surface area (Å²) < 4.78 is 80.8. The molecule has 0 aliphatic rings. The number of methoxy groups -OCH3 is 2. The third kappa shape index (κ3) is 11.6. The molecule has 1 amide bonds. The molecular formula is C28H41F3N4O6S. The van der Waals surface area contributed by atoms with E-state index in [4.69, 9.17) is 14.2 Å². The van der Waals surface area contributed by atoms with Gasteiger partial charge in [0, 0.05) is 37.2 Å². The fourth-order valence-electron chi connectivity index (χ4n) is 4.04. The van der Waals surface area contributed by atoms with Crippen molar-refractivity contribution in [2.75, 3.05) is 44.7 Å². The van der Waals surface area contributed by atoms with Gasteiger partial charge in [0.1, 0.15) is 24.1 Å². The lowest BCUT2D eigenvalue weighted by molar-refractivity contribution is -0.161. The Balaban J connectivity index is 2.12. The quantitative estimate of drug-likeness (QED) is 0.240. The Labute approximate surface area is 245 Å². The number of alkyl halides is 3. The highest BCUT2D eigenvalue weighted by Crippen LogP contribution is 2.34. The number of carbonyl (C=O) groups excluding carboxylic acids is 1. The monoisotopic (exact) mass is 618 g/mol. The second kappa shape index (κ2) is 15.8. The van der Waals surface area contributed by atoms with E-state index in [-0.39, 0.29) is 42.7 Å². The van der Waals surface area contributed by atoms with E-state index in [1.165, 1.54) is 26.4 Å². The van der Waals surface area contributed by atoms with Gasteiger partial charge in [-0.2, -0.15) is 13.2 Å². The van der Waals surface area contributed by atoms with Gasteiger partial charge >= 0.3 is 6.18 Å². The molecule has 0 saturated heterocycles. The van der Waals surface area contributed by atoms with Gasteiger partial charge < -0.3 is 24.8 Å². The Morgan fingerprint density at radius 2 is 1.81 bits per heavy atom. The number of ether oxygens (including phenoxy) is 3. The van der Waals surface area contributed by atoms with Gasteiger partial charge in [-0.1, -0.05) is 26.8 Å². The Hall–Kier alpha value is -3.26. The summed E-state index contributed by atoms with van der Waals surface area (Å²) in [5.74, 6) is 0.316. The molecule has 0 aliphatic heterocycles. The van der Waals surface area contributed by atoms with Crippen LogP contribution in [0.3, 0.4) is 0 Å². The average Bonchev–Trinajstić information content (AvgIpc) is 2.92. The summed E-state index contributed by atoms with van der Waals surface area (Å²) in [6.07, 6.45) is -1.77. The summed E-state index contributed by atoms with van der Waals surface area (Å²) in [5.41, 5.74) is 0.469. The smallest absolute Gasteiger partial charge is 0.407 e. The molecule has 42 heavy (non-hydrogen) atoms. The summed E-state index contributed by atoms with van der Waals surface area (Å²) in [6.45, 7) is 5.79. The molecule has 1 aromatic carbocycles. The molecule has 0 aliphatic carbocycles. The maximum Gasteiger partial charge on any atom is 0.407 e. The van der Waals surface area contributed by atoms with Gasteiger partial charge in [0.25, 0.3) is 0 Å². The molecule has 0 fully saturated rings.